The van der Waals surface area contributed by atoms with Crippen LogP contribution in [0.25, 0.3) is 0 Å². The Labute approximate surface area is 168 Å². The molecule has 0 bridgehead atoms. The number of hydrogen-bond acceptors (Lipinski definition) is 4. The third kappa shape index (κ3) is 4.44. The third-order valence-corrected chi connectivity index (χ3v) is 8.00. The van der Waals surface area contributed by atoms with Gasteiger partial charge in [0.25, 0.3) is 0 Å². The van der Waals surface area contributed by atoms with Crippen LogP contribution in [0.3, 0.4) is 0 Å². The molecule has 0 radical (unpaired) electrons. The molecule has 2 aromatic carbocycles. The quantitative estimate of drug-likeness (QED) is 0.547. The average molecular weight is 456 g/mol. The summed E-state index contributed by atoms with van der Waals surface area (Å²) in [6.07, 6.45) is 2.05. The molecule has 4 nitrogen and oxygen atoms in total. The summed E-state index contributed by atoms with van der Waals surface area (Å²) in [6, 6.07) is 14.6. The fourth-order valence-corrected chi connectivity index (χ4v) is 6.27. The van der Waals surface area contributed by atoms with Crippen LogP contribution in [0.1, 0.15) is 30.7 Å². The minimum Gasteiger partial charge on any atom is -0.494 e. The van der Waals surface area contributed by atoms with Crippen molar-refractivity contribution >= 4 is 37.7 Å². The van der Waals surface area contributed by atoms with Crippen molar-refractivity contribution < 1.29 is 13.2 Å². The number of thioether (sulfide) groups is 1. The number of unbranched alkanes of at least 4 members (excludes halogenated alkanes) is 1. The average Bonchev–Trinajstić information content (AvgIpc) is 3.14. The zero-order valence-electron chi connectivity index (χ0n) is 14.6. The van der Waals surface area contributed by atoms with Crippen molar-refractivity contribution in [2.24, 2.45) is 0 Å². The molecule has 26 heavy (non-hydrogen) atoms. The highest BCUT2D eigenvalue weighted by molar-refractivity contribution is 9.10. The van der Waals surface area contributed by atoms with Gasteiger partial charge in [-0.25, -0.2) is 8.42 Å². The zero-order valence-corrected chi connectivity index (χ0v) is 17.8. The van der Waals surface area contributed by atoms with Gasteiger partial charge in [0.1, 0.15) is 5.75 Å². The summed E-state index contributed by atoms with van der Waals surface area (Å²) >= 11 is 5.08. The predicted molar refractivity (Wildman–Crippen MR) is 110 cm³/mol. The molecule has 1 fully saturated rings. The van der Waals surface area contributed by atoms with Crippen molar-refractivity contribution in [3.05, 3.63) is 58.6 Å². The highest BCUT2D eigenvalue weighted by Crippen LogP contribution is 2.41. The summed E-state index contributed by atoms with van der Waals surface area (Å²) in [5.74, 6) is 1.50. The molecule has 1 unspecified atom stereocenters. The molecule has 7 heteroatoms. The Hall–Kier alpha value is -1.02. The number of ether oxygens (including phenoxy) is 1. The third-order valence-electron chi connectivity index (χ3n) is 4.20. The standard InChI is InChI=1S/C19H22BrNO3S2/c1-2-3-13-24-17-8-10-18(11-9-17)26(22,23)21-12-14-25-19(21)15-4-6-16(20)7-5-15/h4-11,19H,2-3,12-14H2,1H3. The first-order valence-electron chi connectivity index (χ1n) is 8.64. The van der Waals surface area contributed by atoms with Gasteiger partial charge in [-0.05, 0) is 48.4 Å². The molecule has 1 aliphatic heterocycles. The summed E-state index contributed by atoms with van der Waals surface area (Å²) in [5, 5.41) is -0.186. The molecular formula is C19H22BrNO3S2. The van der Waals surface area contributed by atoms with Crippen LogP contribution in [0, 0.1) is 0 Å². The Morgan fingerprint density at radius 1 is 1.15 bits per heavy atom. The molecule has 0 aromatic heterocycles. The Balaban J connectivity index is 1.79. The summed E-state index contributed by atoms with van der Waals surface area (Å²) in [4.78, 5) is 0.310. The maximum absolute atomic E-state index is 13.1. The Morgan fingerprint density at radius 2 is 1.85 bits per heavy atom. The normalized spacial score (nSPS) is 18.2. The molecule has 1 atom stereocenters. The van der Waals surface area contributed by atoms with Crippen LogP contribution in [-0.2, 0) is 10.0 Å². The van der Waals surface area contributed by atoms with Gasteiger partial charge in [-0.1, -0.05) is 41.4 Å². The molecule has 0 N–H and O–H groups in total. The molecule has 140 valence electrons. The first-order chi connectivity index (χ1) is 12.5. The van der Waals surface area contributed by atoms with Gasteiger partial charge in [0, 0.05) is 16.8 Å². The van der Waals surface area contributed by atoms with E-state index in [-0.39, 0.29) is 5.37 Å². The van der Waals surface area contributed by atoms with E-state index in [2.05, 4.69) is 22.9 Å². The molecule has 2 aromatic rings. The van der Waals surface area contributed by atoms with Crippen molar-refractivity contribution in [2.45, 2.75) is 30.0 Å². The fraction of sp³-hybridized carbons (Fsp3) is 0.368. The molecular weight excluding hydrogens is 434 g/mol. The largest absolute Gasteiger partial charge is 0.494 e. The number of sulfonamides is 1. The second-order valence-electron chi connectivity index (χ2n) is 6.06. The van der Waals surface area contributed by atoms with Gasteiger partial charge < -0.3 is 4.74 Å². The summed E-state index contributed by atoms with van der Waals surface area (Å²) < 4.78 is 34.4. The molecule has 1 heterocycles. The van der Waals surface area contributed by atoms with Gasteiger partial charge in [-0.2, -0.15) is 4.31 Å². The lowest BCUT2D eigenvalue weighted by atomic mass is 10.2. The fourth-order valence-electron chi connectivity index (χ4n) is 2.77. The van der Waals surface area contributed by atoms with Crippen molar-refractivity contribution in [3.63, 3.8) is 0 Å². The van der Waals surface area contributed by atoms with E-state index in [0.717, 1.165) is 28.6 Å². The Kier molecular flexibility index (Phi) is 6.66. The lowest BCUT2D eigenvalue weighted by Gasteiger charge is -2.23. The SMILES string of the molecule is CCCCOc1ccc(S(=O)(=O)N2CCSC2c2ccc(Br)cc2)cc1. The lowest BCUT2D eigenvalue weighted by Crippen LogP contribution is -2.30. The molecule has 1 saturated heterocycles. The maximum atomic E-state index is 13.1. The number of hydrogen-bond donors (Lipinski definition) is 0. The summed E-state index contributed by atoms with van der Waals surface area (Å²) in [7, 11) is -3.54. The van der Waals surface area contributed by atoms with Crippen molar-refractivity contribution in [3.8, 4) is 5.75 Å². The minimum atomic E-state index is -3.54. The van der Waals surface area contributed by atoms with Crippen molar-refractivity contribution in [1.82, 2.24) is 4.31 Å². The molecule has 0 amide bonds. The maximum Gasteiger partial charge on any atom is 0.244 e. The van der Waals surface area contributed by atoms with Gasteiger partial charge in [0.15, 0.2) is 0 Å². The van der Waals surface area contributed by atoms with Crippen LogP contribution in [-0.4, -0.2) is 31.6 Å². The van der Waals surface area contributed by atoms with Gasteiger partial charge >= 0.3 is 0 Å². The van der Waals surface area contributed by atoms with Crippen LogP contribution in [0.2, 0.25) is 0 Å². The van der Waals surface area contributed by atoms with E-state index in [9.17, 15) is 8.42 Å². The van der Waals surface area contributed by atoms with Crippen LogP contribution in [0.15, 0.2) is 57.9 Å². The smallest absolute Gasteiger partial charge is 0.244 e. The predicted octanol–water partition coefficient (Wildman–Crippen LogP) is 5.06. The molecule has 1 aliphatic rings. The van der Waals surface area contributed by atoms with E-state index in [4.69, 9.17) is 4.74 Å². The zero-order chi connectivity index (χ0) is 18.6. The lowest BCUT2D eigenvalue weighted by molar-refractivity contribution is 0.309. The molecule has 3 rings (SSSR count). The number of halogens is 1. The number of nitrogens with zero attached hydrogens (tertiary/aromatic N) is 1. The van der Waals surface area contributed by atoms with Crippen molar-refractivity contribution in [2.75, 3.05) is 18.9 Å². The van der Waals surface area contributed by atoms with E-state index < -0.39 is 10.0 Å². The highest BCUT2D eigenvalue weighted by atomic mass is 79.9. The summed E-state index contributed by atoms with van der Waals surface area (Å²) in [5.41, 5.74) is 0.999. The monoisotopic (exact) mass is 455 g/mol. The molecule has 0 spiro atoms. The van der Waals surface area contributed by atoms with Crippen molar-refractivity contribution in [1.29, 1.82) is 0 Å². The second kappa shape index (κ2) is 8.78. The van der Waals surface area contributed by atoms with Crippen LogP contribution >= 0.6 is 27.7 Å². The van der Waals surface area contributed by atoms with Crippen LogP contribution in [0.5, 0.6) is 5.75 Å². The molecule has 0 aliphatic carbocycles. The van der Waals surface area contributed by atoms with E-state index in [0.29, 0.717) is 23.8 Å². The minimum absolute atomic E-state index is 0.186. The first-order valence-corrected chi connectivity index (χ1v) is 11.9. The Morgan fingerprint density at radius 3 is 2.50 bits per heavy atom. The second-order valence-corrected chi connectivity index (χ2v) is 10.1. The number of benzene rings is 2. The molecule has 0 saturated carbocycles. The van der Waals surface area contributed by atoms with E-state index >= 15 is 0 Å². The van der Waals surface area contributed by atoms with Gasteiger partial charge in [-0.15, -0.1) is 11.8 Å². The van der Waals surface area contributed by atoms with E-state index in [1.54, 1.807) is 40.3 Å². The van der Waals surface area contributed by atoms with Crippen LogP contribution < -0.4 is 4.74 Å². The summed E-state index contributed by atoms with van der Waals surface area (Å²) in [6.45, 7) is 3.27. The number of rotatable bonds is 7. The highest BCUT2D eigenvalue weighted by Gasteiger charge is 2.36. The topological polar surface area (TPSA) is 46.6 Å². The van der Waals surface area contributed by atoms with Gasteiger partial charge in [-0.3, -0.25) is 0 Å². The first kappa shape index (κ1) is 19.7. The van der Waals surface area contributed by atoms with E-state index in [1.165, 1.54) is 0 Å². The van der Waals surface area contributed by atoms with Gasteiger partial charge in [0.2, 0.25) is 10.0 Å². The van der Waals surface area contributed by atoms with Gasteiger partial charge in [0.05, 0.1) is 16.9 Å². The van der Waals surface area contributed by atoms with E-state index in [1.807, 2.05) is 24.3 Å². The van der Waals surface area contributed by atoms with Crippen LogP contribution in [0.4, 0.5) is 0 Å². The Bertz CT molecular complexity index is 823.